The van der Waals surface area contributed by atoms with Crippen LogP contribution < -0.4 is 5.32 Å². The summed E-state index contributed by atoms with van der Waals surface area (Å²) >= 11 is 6.16. The number of fused-ring (bicyclic) bond motifs is 5. The summed E-state index contributed by atoms with van der Waals surface area (Å²) in [5, 5.41) is 4.47. The topological polar surface area (TPSA) is 41.6 Å². The summed E-state index contributed by atoms with van der Waals surface area (Å²) in [5.74, 6) is 0.0459. The van der Waals surface area contributed by atoms with Gasteiger partial charge in [-0.05, 0) is 47.4 Å². The second-order valence-corrected chi connectivity index (χ2v) is 8.47. The third-order valence-electron chi connectivity index (χ3n) is 6.26. The van der Waals surface area contributed by atoms with Crippen molar-refractivity contribution in [1.29, 1.82) is 0 Å². The van der Waals surface area contributed by atoms with E-state index in [9.17, 15) is 4.79 Å². The number of carbonyl (C=O) groups is 1. The van der Waals surface area contributed by atoms with Crippen molar-refractivity contribution in [2.45, 2.75) is 31.5 Å². The van der Waals surface area contributed by atoms with E-state index in [1.54, 1.807) is 0 Å². The summed E-state index contributed by atoms with van der Waals surface area (Å²) in [7, 11) is 1.45. The molecule has 0 radical (unpaired) electrons. The number of carbonyl (C=O) groups excluding carboxylic acids is 1. The van der Waals surface area contributed by atoms with E-state index in [0.717, 1.165) is 22.4 Å². The van der Waals surface area contributed by atoms with Crippen molar-refractivity contribution in [2.75, 3.05) is 12.4 Å². The molecule has 0 aromatic heterocycles. The molecule has 2 aliphatic rings. The van der Waals surface area contributed by atoms with Crippen molar-refractivity contribution < 1.29 is 9.53 Å². The van der Waals surface area contributed by atoms with Gasteiger partial charge in [0.15, 0.2) is 0 Å². The predicted octanol–water partition coefficient (Wildman–Crippen LogP) is 6.22. The standard InChI is InChI=1S/C25H23ClN2O2/c1-15-7-12-21-20(13-15)24-22(23(27-21)16-8-10-18(26)11-9-16)19-6-4-3-5-17(19)14-28(24)25(29)30-2/h3-13,22-24,27H,14H2,1-2H3/t22-,23-,24+/m0/s1. The summed E-state index contributed by atoms with van der Waals surface area (Å²) in [6.45, 7) is 2.62. The Hall–Kier alpha value is -2.98. The van der Waals surface area contributed by atoms with Gasteiger partial charge in [-0.1, -0.05) is 65.7 Å². The largest absolute Gasteiger partial charge is 0.453 e. The molecular formula is C25H23ClN2O2. The minimum atomic E-state index is -0.302. The molecule has 5 rings (SSSR count). The zero-order valence-electron chi connectivity index (χ0n) is 16.9. The lowest BCUT2D eigenvalue weighted by molar-refractivity contribution is 0.0825. The van der Waals surface area contributed by atoms with Crippen molar-refractivity contribution >= 4 is 23.4 Å². The molecule has 0 fully saturated rings. The van der Waals surface area contributed by atoms with Crippen LogP contribution in [0, 0.1) is 6.92 Å². The van der Waals surface area contributed by atoms with Gasteiger partial charge in [0.05, 0.1) is 19.2 Å². The maximum absolute atomic E-state index is 12.9. The normalized spacial score (nSPS) is 21.7. The van der Waals surface area contributed by atoms with Gasteiger partial charge < -0.3 is 10.1 Å². The molecule has 1 N–H and O–H groups in total. The second-order valence-electron chi connectivity index (χ2n) is 8.03. The van der Waals surface area contributed by atoms with E-state index in [-0.39, 0.29) is 24.1 Å². The van der Waals surface area contributed by atoms with Gasteiger partial charge in [0, 0.05) is 23.2 Å². The Morgan fingerprint density at radius 3 is 2.60 bits per heavy atom. The van der Waals surface area contributed by atoms with Gasteiger partial charge in [-0.2, -0.15) is 0 Å². The Morgan fingerprint density at radius 1 is 1.07 bits per heavy atom. The van der Waals surface area contributed by atoms with Crippen LogP contribution in [0.3, 0.4) is 0 Å². The number of benzene rings is 3. The quantitative estimate of drug-likeness (QED) is 0.509. The molecule has 152 valence electrons. The molecule has 3 aromatic rings. The molecule has 0 unspecified atom stereocenters. The maximum atomic E-state index is 12.9. The van der Waals surface area contributed by atoms with Gasteiger partial charge >= 0.3 is 6.09 Å². The highest BCUT2D eigenvalue weighted by Crippen LogP contribution is 2.54. The molecule has 2 aliphatic heterocycles. The van der Waals surface area contributed by atoms with Crippen LogP contribution >= 0.6 is 11.6 Å². The summed E-state index contributed by atoms with van der Waals surface area (Å²) in [5.41, 5.74) is 6.91. The summed E-state index contributed by atoms with van der Waals surface area (Å²) in [6.07, 6.45) is -0.302. The van der Waals surface area contributed by atoms with E-state index in [0.29, 0.717) is 11.6 Å². The average molecular weight is 419 g/mol. The van der Waals surface area contributed by atoms with Crippen LogP contribution in [0.15, 0.2) is 66.7 Å². The molecule has 3 aromatic carbocycles. The van der Waals surface area contributed by atoms with E-state index in [1.807, 2.05) is 23.1 Å². The highest BCUT2D eigenvalue weighted by atomic mass is 35.5. The molecule has 2 heterocycles. The number of hydrogen-bond donors (Lipinski definition) is 1. The third kappa shape index (κ3) is 3.03. The van der Waals surface area contributed by atoms with Gasteiger partial charge in [-0.15, -0.1) is 0 Å². The molecular weight excluding hydrogens is 396 g/mol. The van der Waals surface area contributed by atoms with Crippen molar-refractivity contribution in [3.63, 3.8) is 0 Å². The van der Waals surface area contributed by atoms with Crippen molar-refractivity contribution in [3.8, 4) is 0 Å². The molecule has 30 heavy (non-hydrogen) atoms. The number of methoxy groups -OCH3 is 1. The smallest absolute Gasteiger partial charge is 0.410 e. The number of nitrogens with zero attached hydrogens (tertiary/aromatic N) is 1. The molecule has 4 nitrogen and oxygen atoms in total. The fourth-order valence-corrected chi connectivity index (χ4v) is 5.07. The zero-order valence-corrected chi connectivity index (χ0v) is 17.7. The van der Waals surface area contributed by atoms with Gasteiger partial charge in [0.2, 0.25) is 0 Å². The first kappa shape index (κ1) is 19.0. The van der Waals surface area contributed by atoms with E-state index < -0.39 is 0 Å². The van der Waals surface area contributed by atoms with E-state index in [1.165, 1.54) is 18.2 Å². The second kappa shape index (κ2) is 7.37. The van der Waals surface area contributed by atoms with Crippen LogP contribution in [-0.2, 0) is 11.3 Å². The van der Waals surface area contributed by atoms with Crippen molar-refractivity contribution in [2.24, 2.45) is 0 Å². The van der Waals surface area contributed by atoms with Gasteiger partial charge in [0.1, 0.15) is 0 Å². The lowest BCUT2D eigenvalue weighted by Crippen LogP contribution is -2.46. The Morgan fingerprint density at radius 2 is 1.83 bits per heavy atom. The summed E-state index contributed by atoms with van der Waals surface area (Å²) < 4.78 is 5.20. The number of halogens is 1. The number of aryl methyl sites for hydroxylation is 1. The van der Waals surface area contributed by atoms with Gasteiger partial charge in [-0.25, -0.2) is 4.79 Å². The van der Waals surface area contributed by atoms with Gasteiger partial charge in [-0.3, -0.25) is 4.90 Å². The van der Waals surface area contributed by atoms with Crippen LogP contribution in [0.25, 0.3) is 0 Å². The molecule has 0 saturated carbocycles. The first-order valence-electron chi connectivity index (χ1n) is 10.1. The molecule has 0 spiro atoms. The predicted molar refractivity (Wildman–Crippen MR) is 119 cm³/mol. The van der Waals surface area contributed by atoms with E-state index in [2.05, 4.69) is 60.8 Å². The van der Waals surface area contributed by atoms with Crippen LogP contribution in [0.2, 0.25) is 5.02 Å². The molecule has 1 amide bonds. The maximum Gasteiger partial charge on any atom is 0.410 e. The Labute approximate surface area is 181 Å². The molecule has 3 atom stereocenters. The monoisotopic (exact) mass is 418 g/mol. The lowest BCUT2D eigenvalue weighted by Gasteiger charge is -2.49. The highest BCUT2D eigenvalue weighted by Gasteiger charge is 2.46. The number of amides is 1. The van der Waals surface area contributed by atoms with Crippen LogP contribution in [-0.4, -0.2) is 18.1 Å². The zero-order chi connectivity index (χ0) is 20.8. The summed E-state index contributed by atoms with van der Waals surface area (Å²) in [4.78, 5) is 14.8. The van der Waals surface area contributed by atoms with Crippen LogP contribution in [0.4, 0.5) is 10.5 Å². The lowest BCUT2D eigenvalue weighted by atomic mass is 9.71. The molecule has 0 bridgehead atoms. The molecule has 5 heteroatoms. The fraction of sp³-hybridized carbons (Fsp3) is 0.240. The minimum absolute atomic E-state index is 0.00363. The molecule has 0 aliphatic carbocycles. The third-order valence-corrected chi connectivity index (χ3v) is 6.52. The summed E-state index contributed by atoms with van der Waals surface area (Å²) in [6, 6.07) is 22.6. The first-order valence-corrected chi connectivity index (χ1v) is 10.5. The number of hydrogen-bond acceptors (Lipinski definition) is 3. The Kier molecular flexibility index (Phi) is 4.67. The van der Waals surface area contributed by atoms with Gasteiger partial charge in [0.25, 0.3) is 0 Å². The van der Waals surface area contributed by atoms with Crippen LogP contribution in [0.1, 0.15) is 45.8 Å². The number of nitrogens with one attached hydrogen (secondary N) is 1. The first-order chi connectivity index (χ1) is 14.6. The number of anilines is 1. The number of rotatable bonds is 1. The van der Waals surface area contributed by atoms with E-state index in [4.69, 9.17) is 16.3 Å². The molecule has 0 saturated heterocycles. The Bertz CT molecular complexity index is 1110. The van der Waals surface area contributed by atoms with Crippen molar-refractivity contribution in [1.82, 2.24) is 4.90 Å². The van der Waals surface area contributed by atoms with Crippen molar-refractivity contribution in [3.05, 3.63) is 99.6 Å². The SMILES string of the molecule is COC(=O)N1Cc2ccccc2[C@@H]2[C@H]1c1cc(C)ccc1N[C@H]2c1ccc(Cl)cc1. The number of ether oxygens (including phenoxy) is 1. The highest BCUT2D eigenvalue weighted by molar-refractivity contribution is 6.30. The average Bonchev–Trinajstić information content (AvgIpc) is 2.77. The van der Waals surface area contributed by atoms with E-state index >= 15 is 0 Å². The van der Waals surface area contributed by atoms with Crippen LogP contribution in [0.5, 0.6) is 0 Å². The fourth-order valence-electron chi connectivity index (χ4n) is 4.94. The Balaban J connectivity index is 1.75. The minimum Gasteiger partial charge on any atom is -0.453 e.